The number of hydrogen-bond donors (Lipinski definition) is 0. The number of piperidine rings is 1. The molecular weight excluding hydrogens is 409 g/mol. The van der Waals surface area contributed by atoms with Gasteiger partial charge in [-0.3, -0.25) is 9.78 Å². The Labute approximate surface area is 177 Å². The van der Waals surface area contributed by atoms with Crippen LogP contribution in [0.4, 0.5) is 13.2 Å². The van der Waals surface area contributed by atoms with Gasteiger partial charge in [-0.15, -0.1) is 0 Å². The fourth-order valence-corrected chi connectivity index (χ4v) is 4.10. The molecule has 0 unspecified atom stereocenters. The Kier molecular flexibility index (Phi) is 5.93. The van der Waals surface area contributed by atoms with E-state index < -0.39 is 11.7 Å². The van der Waals surface area contributed by atoms with Crippen molar-refractivity contribution < 1.29 is 22.5 Å². The number of halogens is 3. The van der Waals surface area contributed by atoms with Gasteiger partial charge in [0.15, 0.2) is 0 Å². The van der Waals surface area contributed by atoms with Gasteiger partial charge in [0, 0.05) is 43.0 Å². The van der Waals surface area contributed by atoms with Crippen LogP contribution in [0.15, 0.2) is 35.0 Å². The van der Waals surface area contributed by atoms with E-state index in [2.05, 4.69) is 15.1 Å². The zero-order valence-electron chi connectivity index (χ0n) is 17.2. The first-order valence-electron chi connectivity index (χ1n) is 10.3. The van der Waals surface area contributed by atoms with Crippen LogP contribution < -0.4 is 0 Å². The molecule has 6 nitrogen and oxygen atoms in total. The van der Waals surface area contributed by atoms with Gasteiger partial charge in [0.25, 0.3) is 5.71 Å². The lowest BCUT2D eigenvalue weighted by atomic mass is 9.91. The average molecular weight is 432 g/mol. The molecule has 0 aliphatic carbocycles. The fourth-order valence-electron chi connectivity index (χ4n) is 4.10. The van der Waals surface area contributed by atoms with Crippen molar-refractivity contribution in [2.45, 2.75) is 51.1 Å². The monoisotopic (exact) mass is 432 g/mol. The topological polar surface area (TPSA) is 72.1 Å². The molecule has 3 aromatic rings. The number of likely N-dealkylation sites (tertiary alicyclic amines) is 1. The van der Waals surface area contributed by atoms with Crippen molar-refractivity contribution in [1.29, 1.82) is 0 Å². The first kappa shape index (κ1) is 21.3. The minimum absolute atomic E-state index is 0.0691. The van der Waals surface area contributed by atoms with Crippen LogP contribution in [-0.4, -0.2) is 39.0 Å². The van der Waals surface area contributed by atoms with E-state index in [9.17, 15) is 18.0 Å². The summed E-state index contributed by atoms with van der Waals surface area (Å²) < 4.78 is 45.8. The van der Waals surface area contributed by atoms with Gasteiger partial charge in [0.05, 0.1) is 16.6 Å². The van der Waals surface area contributed by atoms with Crippen LogP contribution in [0.5, 0.6) is 0 Å². The summed E-state index contributed by atoms with van der Waals surface area (Å²) in [7, 11) is 0. The molecule has 4 rings (SSSR count). The number of alkyl halides is 3. The molecule has 0 N–H and O–H groups in total. The van der Waals surface area contributed by atoms with Crippen molar-refractivity contribution >= 4 is 17.0 Å². The Morgan fingerprint density at radius 1 is 1.26 bits per heavy atom. The van der Waals surface area contributed by atoms with Crippen molar-refractivity contribution in [3.63, 3.8) is 0 Å². The maximum atomic E-state index is 13.6. The summed E-state index contributed by atoms with van der Waals surface area (Å²) in [6.45, 7) is 2.48. The molecule has 1 aliphatic heterocycles. The Balaban J connectivity index is 1.38. The molecule has 1 fully saturated rings. The molecule has 0 bridgehead atoms. The molecule has 1 aliphatic rings. The number of carbonyl (C=O) groups is 1. The first-order valence-corrected chi connectivity index (χ1v) is 10.3. The Hall–Kier alpha value is -2.97. The maximum absolute atomic E-state index is 13.6. The second-order valence-electron chi connectivity index (χ2n) is 7.87. The SMILES string of the molecule is Cc1noc2nc(C3CCN(C(=O)CCCc4ccccn4)CC3)cc(C(F)(F)F)c12. The summed E-state index contributed by atoms with van der Waals surface area (Å²) in [5.74, 6) is -0.0897. The van der Waals surface area contributed by atoms with Crippen molar-refractivity contribution in [2.24, 2.45) is 0 Å². The average Bonchev–Trinajstić information content (AvgIpc) is 3.14. The first-order chi connectivity index (χ1) is 14.8. The molecule has 3 aromatic heterocycles. The second kappa shape index (κ2) is 8.64. The van der Waals surface area contributed by atoms with Gasteiger partial charge < -0.3 is 9.42 Å². The lowest BCUT2D eigenvalue weighted by Crippen LogP contribution is -2.38. The summed E-state index contributed by atoms with van der Waals surface area (Å²) in [5.41, 5.74) is 0.624. The predicted octanol–water partition coefficient (Wildman–Crippen LogP) is 4.67. The third kappa shape index (κ3) is 4.70. The van der Waals surface area contributed by atoms with E-state index in [-0.39, 0.29) is 28.6 Å². The fraction of sp³-hybridized carbons (Fsp3) is 0.455. The van der Waals surface area contributed by atoms with Gasteiger partial charge in [-0.25, -0.2) is 4.98 Å². The molecule has 0 aromatic carbocycles. The van der Waals surface area contributed by atoms with Crippen LogP contribution in [0.2, 0.25) is 0 Å². The van der Waals surface area contributed by atoms with Crippen molar-refractivity contribution in [3.05, 3.63) is 53.1 Å². The number of amides is 1. The molecule has 0 spiro atoms. The zero-order valence-corrected chi connectivity index (χ0v) is 17.2. The lowest BCUT2D eigenvalue weighted by Gasteiger charge is -2.32. The van der Waals surface area contributed by atoms with Gasteiger partial charge in [-0.1, -0.05) is 11.2 Å². The van der Waals surface area contributed by atoms with E-state index in [0.29, 0.717) is 44.5 Å². The number of aryl methyl sites for hydroxylation is 2. The van der Waals surface area contributed by atoms with Crippen LogP contribution in [0.3, 0.4) is 0 Å². The lowest BCUT2D eigenvalue weighted by molar-refractivity contribution is -0.136. The van der Waals surface area contributed by atoms with Gasteiger partial charge in [-0.2, -0.15) is 13.2 Å². The maximum Gasteiger partial charge on any atom is 0.417 e. The third-order valence-corrected chi connectivity index (χ3v) is 5.76. The second-order valence-corrected chi connectivity index (χ2v) is 7.87. The van der Waals surface area contributed by atoms with Gasteiger partial charge in [0.2, 0.25) is 5.91 Å². The number of nitrogens with zero attached hydrogens (tertiary/aromatic N) is 4. The van der Waals surface area contributed by atoms with Gasteiger partial charge in [0.1, 0.15) is 0 Å². The van der Waals surface area contributed by atoms with Crippen molar-refractivity contribution in [3.8, 4) is 0 Å². The van der Waals surface area contributed by atoms with E-state index in [1.807, 2.05) is 18.2 Å². The van der Waals surface area contributed by atoms with Crippen LogP contribution in [-0.2, 0) is 17.4 Å². The largest absolute Gasteiger partial charge is 0.417 e. The number of carbonyl (C=O) groups excluding carboxylic acids is 1. The number of fused-ring (bicyclic) bond motifs is 1. The van der Waals surface area contributed by atoms with E-state index in [1.54, 1.807) is 11.1 Å². The van der Waals surface area contributed by atoms with Crippen molar-refractivity contribution in [2.75, 3.05) is 13.1 Å². The molecular formula is C22H23F3N4O2. The highest BCUT2D eigenvalue weighted by Crippen LogP contribution is 2.38. The Bertz CT molecular complexity index is 1060. The van der Waals surface area contributed by atoms with Crippen LogP contribution >= 0.6 is 0 Å². The number of hydrogen-bond acceptors (Lipinski definition) is 5. The molecule has 1 amide bonds. The highest BCUT2D eigenvalue weighted by atomic mass is 19.4. The van der Waals surface area contributed by atoms with E-state index in [1.165, 1.54) is 6.92 Å². The summed E-state index contributed by atoms with van der Waals surface area (Å²) in [5, 5.41) is 3.56. The highest BCUT2D eigenvalue weighted by Gasteiger charge is 2.36. The zero-order chi connectivity index (χ0) is 22.0. The third-order valence-electron chi connectivity index (χ3n) is 5.76. The van der Waals surface area contributed by atoms with E-state index in [4.69, 9.17) is 4.52 Å². The summed E-state index contributed by atoms with van der Waals surface area (Å²) >= 11 is 0. The Morgan fingerprint density at radius 3 is 2.71 bits per heavy atom. The van der Waals surface area contributed by atoms with Gasteiger partial charge in [-0.05, 0) is 50.8 Å². The number of pyridine rings is 2. The van der Waals surface area contributed by atoms with E-state index >= 15 is 0 Å². The Morgan fingerprint density at radius 2 is 2.03 bits per heavy atom. The molecule has 1 saturated heterocycles. The normalized spacial score (nSPS) is 15.5. The van der Waals surface area contributed by atoms with Crippen molar-refractivity contribution in [1.82, 2.24) is 20.0 Å². The quantitative estimate of drug-likeness (QED) is 0.586. The standard InChI is InChI=1S/C22H23F3N4O2/c1-14-20-17(22(23,24)25)13-18(27-21(20)31-28-14)15-8-11-29(12-9-15)19(30)7-4-6-16-5-2-3-10-26-16/h2-3,5,10,13,15H,4,6-9,11-12H2,1H3. The molecule has 9 heteroatoms. The van der Waals surface area contributed by atoms with Crippen LogP contribution in [0.25, 0.3) is 11.1 Å². The predicted molar refractivity (Wildman–Crippen MR) is 107 cm³/mol. The minimum atomic E-state index is -4.52. The number of rotatable bonds is 5. The molecule has 31 heavy (non-hydrogen) atoms. The highest BCUT2D eigenvalue weighted by molar-refractivity contribution is 5.81. The summed E-state index contributed by atoms with van der Waals surface area (Å²) in [4.78, 5) is 22.9. The van der Waals surface area contributed by atoms with Gasteiger partial charge >= 0.3 is 6.18 Å². The summed E-state index contributed by atoms with van der Waals surface area (Å²) in [6.07, 6.45) is 0.233. The molecule has 0 saturated carbocycles. The van der Waals surface area contributed by atoms with Crippen LogP contribution in [0.1, 0.15) is 54.2 Å². The molecule has 4 heterocycles. The van der Waals surface area contributed by atoms with Crippen LogP contribution in [0, 0.1) is 6.92 Å². The number of aromatic nitrogens is 3. The van der Waals surface area contributed by atoms with E-state index in [0.717, 1.165) is 18.2 Å². The molecule has 0 atom stereocenters. The smallest absolute Gasteiger partial charge is 0.343 e. The minimum Gasteiger partial charge on any atom is -0.343 e. The molecule has 0 radical (unpaired) electrons. The molecule has 164 valence electrons. The summed E-state index contributed by atoms with van der Waals surface area (Å²) in [6, 6.07) is 6.82.